The molecule has 0 saturated carbocycles. The maximum Gasteiger partial charge on any atom is 0.261 e. The summed E-state index contributed by atoms with van der Waals surface area (Å²) < 4.78 is 48.5. The van der Waals surface area contributed by atoms with Crippen LogP contribution in [0.15, 0.2) is 55.6 Å². The molecular weight excluding hydrogens is 530 g/mol. The lowest BCUT2D eigenvalue weighted by Crippen LogP contribution is -2.27. The number of sulfonamides is 1. The molecular formula is C20H27BrClNO4S3. The van der Waals surface area contributed by atoms with Gasteiger partial charge in [-0.05, 0) is 74.2 Å². The molecule has 0 amide bonds. The van der Waals surface area contributed by atoms with Gasteiger partial charge in [-0.2, -0.15) is 4.31 Å². The van der Waals surface area contributed by atoms with Crippen LogP contribution in [-0.2, 0) is 19.1 Å². The summed E-state index contributed by atoms with van der Waals surface area (Å²) in [6.07, 6.45) is 1.91. The molecule has 1 saturated heterocycles. The summed E-state index contributed by atoms with van der Waals surface area (Å²) in [5.74, 6) is 0. The highest BCUT2D eigenvalue weighted by Gasteiger charge is 2.27. The lowest BCUT2D eigenvalue weighted by atomic mass is 10.2. The summed E-state index contributed by atoms with van der Waals surface area (Å²) in [6, 6.07) is 9.97. The normalized spacial score (nSPS) is 14.4. The molecule has 0 aromatic heterocycles. The SMILES string of the molecule is CC.Cc1cc(Br)cc(S(=O)(=O)Cl)c1.Cc1cc(S)cc(S(=O)(=O)N2CCCC2)c1. The van der Waals surface area contributed by atoms with Crippen molar-refractivity contribution in [1.82, 2.24) is 4.31 Å². The first kappa shape index (κ1) is 27.5. The minimum atomic E-state index is -3.61. The molecule has 1 aliphatic heterocycles. The number of benzene rings is 2. The van der Waals surface area contributed by atoms with Crippen LogP contribution >= 0.6 is 39.2 Å². The second kappa shape index (κ2) is 11.9. The van der Waals surface area contributed by atoms with Gasteiger partial charge in [-0.3, -0.25) is 0 Å². The summed E-state index contributed by atoms with van der Waals surface area (Å²) in [5, 5.41) is 0. The van der Waals surface area contributed by atoms with Gasteiger partial charge in [0, 0.05) is 33.1 Å². The van der Waals surface area contributed by atoms with Crippen LogP contribution in [0.5, 0.6) is 0 Å². The Balaban J connectivity index is 0.000000287. The van der Waals surface area contributed by atoms with E-state index < -0.39 is 19.1 Å². The highest BCUT2D eigenvalue weighted by Crippen LogP contribution is 2.24. The molecule has 1 fully saturated rings. The first-order chi connectivity index (χ1) is 13.9. The van der Waals surface area contributed by atoms with Crippen LogP contribution in [0.2, 0.25) is 0 Å². The fourth-order valence-electron chi connectivity index (χ4n) is 2.80. The molecule has 5 nitrogen and oxygen atoms in total. The monoisotopic (exact) mass is 555 g/mol. The number of aryl methyl sites for hydroxylation is 2. The Labute approximate surface area is 198 Å². The van der Waals surface area contributed by atoms with E-state index in [9.17, 15) is 16.8 Å². The Bertz CT molecular complexity index is 1030. The standard InChI is InChI=1S/C11H15NO2S2.C7H6BrClO2S.C2H6/c1-9-6-10(15)8-11(7-9)16(13,14)12-4-2-3-5-12;1-5-2-6(8)4-7(3-5)12(9,10)11;1-2/h6-8,15H,2-5H2,1H3;2-4H,1H3;1-2H3. The van der Waals surface area contributed by atoms with Gasteiger partial charge in [-0.1, -0.05) is 29.8 Å². The second-order valence-corrected chi connectivity index (χ2v) is 12.5. The first-order valence-corrected chi connectivity index (χ1v) is 14.4. The van der Waals surface area contributed by atoms with Gasteiger partial charge in [0.1, 0.15) is 0 Å². The fourth-order valence-corrected chi connectivity index (χ4v) is 6.50. The minimum Gasteiger partial charge on any atom is -0.207 e. The Morgan fingerprint density at radius 1 is 0.867 bits per heavy atom. The zero-order valence-electron chi connectivity index (χ0n) is 17.4. The van der Waals surface area contributed by atoms with E-state index in [0.29, 0.717) is 27.4 Å². The minimum absolute atomic E-state index is 0.121. The van der Waals surface area contributed by atoms with E-state index in [1.54, 1.807) is 23.4 Å². The first-order valence-electron chi connectivity index (χ1n) is 9.42. The molecule has 0 radical (unpaired) electrons. The molecule has 0 unspecified atom stereocenters. The van der Waals surface area contributed by atoms with Crippen molar-refractivity contribution in [3.8, 4) is 0 Å². The van der Waals surface area contributed by atoms with Crippen LogP contribution in [0.3, 0.4) is 0 Å². The van der Waals surface area contributed by atoms with Gasteiger partial charge in [0.25, 0.3) is 9.05 Å². The number of halogens is 2. The molecule has 0 atom stereocenters. The van der Waals surface area contributed by atoms with Gasteiger partial charge in [-0.25, -0.2) is 16.8 Å². The van der Waals surface area contributed by atoms with Crippen molar-refractivity contribution in [2.45, 2.75) is 55.2 Å². The number of hydrogen-bond acceptors (Lipinski definition) is 5. The van der Waals surface area contributed by atoms with Crippen LogP contribution in [0, 0.1) is 13.8 Å². The van der Waals surface area contributed by atoms with Crippen LogP contribution in [0.4, 0.5) is 0 Å². The second-order valence-electron chi connectivity index (χ2n) is 6.52. The molecule has 2 aromatic rings. The van der Waals surface area contributed by atoms with Crippen LogP contribution in [-0.4, -0.2) is 34.2 Å². The summed E-state index contributed by atoms with van der Waals surface area (Å²) in [4.78, 5) is 1.17. The van der Waals surface area contributed by atoms with Crippen molar-refractivity contribution in [2.75, 3.05) is 13.1 Å². The third-order valence-corrected chi connectivity index (χ3v) is 7.96. The fraction of sp³-hybridized carbons (Fsp3) is 0.400. The lowest BCUT2D eigenvalue weighted by Gasteiger charge is -2.16. The molecule has 0 aliphatic carbocycles. The molecule has 0 N–H and O–H groups in total. The van der Waals surface area contributed by atoms with Gasteiger partial charge < -0.3 is 0 Å². The van der Waals surface area contributed by atoms with Crippen molar-refractivity contribution in [2.24, 2.45) is 0 Å². The van der Waals surface area contributed by atoms with Gasteiger partial charge in [-0.15, -0.1) is 12.6 Å². The highest BCUT2D eigenvalue weighted by molar-refractivity contribution is 9.10. The van der Waals surface area contributed by atoms with E-state index in [1.807, 2.05) is 32.9 Å². The maximum atomic E-state index is 12.2. The van der Waals surface area contributed by atoms with Crippen molar-refractivity contribution < 1.29 is 16.8 Å². The number of thiol groups is 1. The highest BCUT2D eigenvalue weighted by atomic mass is 79.9. The maximum absolute atomic E-state index is 12.2. The lowest BCUT2D eigenvalue weighted by molar-refractivity contribution is 0.477. The third kappa shape index (κ3) is 8.16. The molecule has 1 aliphatic rings. The Kier molecular flexibility index (Phi) is 10.9. The Hall–Kier alpha value is -0.580. The van der Waals surface area contributed by atoms with Crippen molar-refractivity contribution in [3.05, 3.63) is 52.0 Å². The van der Waals surface area contributed by atoms with Gasteiger partial charge in [0.15, 0.2) is 0 Å². The molecule has 3 rings (SSSR count). The number of nitrogens with zero attached hydrogens (tertiary/aromatic N) is 1. The molecule has 2 aromatic carbocycles. The molecule has 168 valence electrons. The van der Waals surface area contributed by atoms with Crippen LogP contribution in [0.25, 0.3) is 0 Å². The number of hydrogen-bond donors (Lipinski definition) is 1. The van der Waals surface area contributed by atoms with E-state index in [-0.39, 0.29) is 4.90 Å². The van der Waals surface area contributed by atoms with E-state index in [2.05, 4.69) is 28.6 Å². The van der Waals surface area contributed by atoms with E-state index in [1.165, 1.54) is 12.1 Å². The molecule has 30 heavy (non-hydrogen) atoms. The van der Waals surface area contributed by atoms with Crippen molar-refractivity contribution in [1.29, 1.82) is 0 Å². The molecule has 10 heteroatoms. The van der Waals surface area contributed by atoms with Crippen LogP contribution in [0.1, 0.15) is 37.8 Å². The quantitative estimate of drug-likeness (QED) is 0.384. The summed E-state index contributed by atoms with van der Waals surface area (Å²) >= 11 is 7.40. The van der Waals surface area contributed by atoms with Crippen molar-refractivity contribution in [3.63, 3.8) is 0 Å². The summed E-state index contributed by atoms with van der Waals surface area (Å²) in [5.41, 5.74) is 1.77. The van der Waals surface area contributed by atoms with E-state index in [4.69, 9.17) is 10.7 Å². The molecule has 0 spiro atoms. The summed E-state index contributed by atoms with van der Waals surface area (Å²) in [7, 11) is -1.75. The van der Waals surface area contributed by atoms with Crippen LogP contribution < -0.4 is 0 Å². The summed E-state index contributed by atoms with van der Waals surface area (Å²) in [6.45, 7) is 8.95. The zero-order valence-corrected chi connectivity index (χ0v) is 22.3. The number of rotatable bonds is 3. The molecule has 0 bridgehead atoms. The Morgan fingerprint density at radius 2 is 1.37 bits per heavy atom. The van der Waals surface area contributed by atoms with E-state index in [0.717, 1.165) is 24.0 Å². The van der Waals surface area contributed by atoms with Gasteiger partial charge in [0.05, 0.1) is 9.79 Å². The largest absolute Gasteiger partial charge is 0.261 e. The smallest absolute Gasteiger partial charge is 0.207 e. The van der Waals surface area contributed by atoms with Gasteiger partial charge >= 0.3 is 0 Å². The third-order valence-electron chi connectivity index (χ3n) is 4.04. The predicted octanol–water partition coefficient (Wildman–Crippen LogP) is 5.78. The van der Waals surface area contributed by atoms with Gasteiger partial charge in [0.2, 0.25) is 10.0 Å². The van der Waals surface area contributed by atoms with E-state index >= 15 is 0 Å². The zero-order chi connectivity index (χ0) is 23.1. The van der Waals surface area contributed by atoms with Crippen molar-refractivity contribution >= 4 is 58.3 Å². The molecule has 1 heterocycles. The average molecular weight is 557 g/mol. The Morgan fingerprint density at radius 3 is 1.83 bits per heavy atom. The predicted molar refractivity (Wildman–Crippen MR) is 130 cm³/mol. The average Bonchev–Trinajstić information content (AvgIpc) is 3.17. The topological polar surface area (TPSA) is 71.5 Å².